The molecule has 0 saturated carbocycles. The van der Waals surface area contributed by atoms with Crippen LogP contribution in [-0.4, -0.2) is 18.0 Å². The van der Waals surface area contributed by atoms with Gasteiger partial charge in [-0.15, -0.1) is 0 Å². The molecule has 0 amide bonds. The van der Waals surface area contributed by atoms with Gasteiger partial charge in [0, 0.05) is 18.0 Å². The van der Waals surface area contributed by atoms with E-state index in [4.69, 9.17) is 0 Å². The smallest absolute Gasteiger partial charge is 0.0903 e. The Morgan fingerprint density at radius 3 is 1.55 bits per heavy atom. The number of hydrogen-bond acceptors (Lipinski definition) is 1. The van der Waals surface area contributed by atoms with Gasteiger partial charge in [-0.05, 0) is 19.3 Å². The largest absolute Gasteiger partial charge is 0.323 e. The summed E-state index contributed by atoms with van der Waals surface area (Å²) in [5.41, 5.74) is 0.444. The lowest BCUT2D eigenvalue weighted by atomic mass is 10.1. The van der Waals surface area contributed by atoms with Crippen LogP contribution in [0.25, 0.3) is 0 Å². The topological polar surface area (TPSA) is 17.1 Å². The molecule has 0 aliphatic carbocycles. The standard InChI is InChI=1S/C18H39OP/c1-5-8-10-12-13-15-17-20(19,18(4)7-3)16-14-11-9-6-2/h18H,5-17H2,1-4H3. The zero-order chi connectivity index (χ0) is 15.3. The molecule has 0 aromatic rings. The van der Waals surface area contributed by atoms with Crippen LogP contribution in [-0.2, 0) is 4.57 Å². The summed E-state index contributed by atoms with van der Waals surface area (Å²) in [5, 5.41) is 0. The van der Waals surface area contributed by atoms with Crippen molar-refractivity contribution in [3.63, 3.8) is 0 Å². The van der Waals surface area contributed by atoms with Crippen LogP contribution in [0.15, 0.2) is 0 Å². The molecule has 0 spiro atoms. The third kappa shape index (κ3) is 9.22. The minimum absolute atomic E-state index is 0.444. The molecule has 0 rings (SSSR count). The highest BCUT2D eigenvalue weighted by Crippen LogP contribution is 2.53. The van der Waals surface area contributed by atoms with Crippen molar-refractivity contribution in [2.75, 3.05) is 12.3 Å². The Kier molecular flexibility index (Phi) is 13.1. The van der Waals surface area contributed by atoms with E-state index >= 15 is 0 Å². The third-order valence-electron chi connectivity index (χ3n) is 4.67. The van der Waals surface area contributed by atoms with Gasteiger partial charge < -0.3 is 4.57 Å². The summed E-state index contributed by atoms with van der Waals surface area (Å²) >= 11 is 0. The lowest BCUT2D eigenvalue weighted by Crippen LogP contribution is -2.09. The SMILES string of the molecule is CCCCCCCCP(=O)(CCCCCC)C(C)CC. The highest BCUT2D eigenvalue weighted by Gasteiger charge is 2.26. The first kappa shape index (κ1) is 20.2. The van der Waals surface area contributed by atoms with Crippen molar-refractivity contribution in [2.45, 2.75) is 104 Å². The second-order valence-electron chi connectivity index (χ2n) is 6.49. The lowest BCUT2D eigenvalue weighted by Gasteiger charge is -2.24. The van der Waals surface area contributed by atoms with E-state index in [-0.39, 0.29) is 0 Å². The summed E-state index contributed by atoms with van der Waals surface area (Å²) in [5.74, 6) is 0. The van der Waals surface area contributed by atoms with Crippen LogP contribution < -0.4 is 0 Å². The van der Waals surface area contributed by atoms with Crippen molar-refractivity contribution in [1.82, 2.24) is 0 Å². The zero-order valence-electron chi connectivity index (χ0n) is 14.6. The Labute approximate surface area is 128 Å². The predicted octanol–water partition coefficient (Wildman–Crippen LogP) is 7.09. The molecule has 0 aromatic carbocycles. The van der Waals surface area contributed by atoms with E-state index in [1.54, 1.807) is 0 Å². The molecule has 0 radical (unpaired) electrons. The van der Waals surface area contributed by atoms with Gasteiger partial charge in [-0.2, -0.15) is 0 Å². The highest BCUT2D eigenvalue weighted by molar-refractivity contribution is 7.64. The Morgan fingerprint density at radius 1 is 0.700 bits per heavy atom. The number of unbranched alkanes of at least 4 members (excludes halogenated alkanes) is 8. The fourth-order valence-electron chi connectivity index (χ4n) is 2.85. The number of hydrogen-bond donors (Lipinski definition) is 0. The Morgan fingerprint density at radius 2 is 1.10 bits per heavy atom. The van der Waals surface area contributed by atoms with Crippen molar-refractivity contribution in [3.05, 3.63) is 0 Å². The second kappa shape index (κ2) is 12.9. The lowest BCUT2D eigenvalue weighted by molar-refractivity contribution is 0.552. The quantitative estimate of drug-likeness (QED) is 0.247. The van der Waals surface area contributed by atoms with Crippen molar-refractivity contribution in [3.8, 4) is 0 Å². The van der Waals surface area contributed by atoms with E-state index in [1.807, 2.05) is 0 Å². The summed E-state index contributed by atoms with van der Waals surface area (Å²) in [6.07, 6.45) is 16.0. The van der Waals surface area contributed by atoms with Gasteiger partial charge in [-0.3, -0.25) is 0 Å². The van der Waals surface area contributed by atoms with E-state index in [0.29, 0.717) is 5.66 Å². The molecule has 0 aliphatic heterocycles. The fraction of sp³-hybridized carbons (Fsp3) is 1.00. The second-order valence-corrected chi connectivity index (χ2v) is 10.2. The van der Waals surface area contributed by atoms with Crippen LogP contribution in [0.4, 0.5) is 0 Å². The molecule has 122 valence electrons. The molecule has 2 atom stereocenters. The van der Waals surface area contributed by atoms with E-state index in [2.05, 4.69) is 27.7 Å². The summed E-state index contributed by atoms with van der Waals surface area (Å²) < 4.78 is 13.2. The monoisotopic (exact) mass is 302 g/mol. The van der Waals surface area contributed by atoms with E-state index in [0.717, 1.165) is 18.7 Å². The van der Waals surface area contributed by atoms with Gasteiger partial charge in [0.05, 0.1) is 7.14 Å². The van der Waals surface area contributed by atoms with Gasteiger partial charge in [0.1, 0.15) is 0 Å². The van der Waals surface area contributed by atoms with Crippen LogP contribution in [0, 0.1) is 0 Å². The van der Waals surface area contributed by atoms with E-state index in [9.17, 15) is 4.57 Å². The molecule has 0 saturated heterocycles. The van der Waals surface area contributed by atoms with Crippen molar-refractivity contribution < 1.29 is 4.57 Å². The fourth-order valence-corrected chi connectivity index (χ4v) is 6.14. The van der Waals surface area contributed by atoms with Crippen LogP contribution in [0.1, 0.15) is 98.3 Å². The molecular weight excluding hydrogens is 263 g/mol. The zero-order valence-corrected chi connectivity index (χ0v) is 15.5. The van der Waals surface area contributed by atoms with Gasteiger partial charge in [-0.25, -0.2) is 0 Å². The Balaban J connectivity index is 4.03. The summed E-state index contributed by atoms with van der Waals surface area (Å²) in [6.45, 7) is 8.92. The van der Waals surface area contributed by atoms with Gasteiger partial charge in [-0.1, -0.05) is 79.1 Å². The molecule has 2 heteroatoms. The maximum atomic E-state index is 13.2. The van der Waals surface area contributed by atoms with Crippen LogP contribution in [0.2, 0.25) is 0 Å². The average Bonchev–Trinajstić information content (AvgIpc) is 2.46. The molecule has 0 aliphatic rings. The third-order valence-corrected chi connectivity index (χ3v) is 8.79. The van der Waals surface area contributed by atoms with Gasteiger partial charge in [0.2, 0.25) is 0 Å². The molecule has 0 heterocycles. The molecule has 0 bridgehead atoms. The average molecular weight is 302 g/mol. The van der Waals surface area contributed by atoms with Gasteiger partial charge in [0.25, 0.3) is 0 Å². The van der Waals surface area contributed by atoms with Crippen LogP contribution in [0.3, 0.4) is 0 Å². The van der Waals surface area contributed by atoms with Gasteiger partial charge in [0.15, 0.2) is 0 Å². The molecule has 0 aromatic heterocycles. The highest BCUT2D eigenvalue weighted by atomic mass is 31.2. The summed E-state index contributed by atoms with van der Waals surface area (Å²) in [6, 6.07) is 0. The number of rotatable bonds is 14. The maximum Gasteiger partial charge on any atom is 0.0903 e. The first-order valence-corrected chi connectivity index (χ1v) is 11.3. The first-order valence-electron chi connectivity index (χ1n) is 9.18. The molecule has 2 unspecified atom stereocenters. The van der Waals surface area contributed by atoms with E-state index in [1.165, 1.54) is 64.2 Å². The predicted molar refractivity (Wildman–Crippen MR) is 94.6 cm³/mol. The van der Waals surface area contributed by atoms with Crippen LogP contribution >= 0.6 is 7.14 Å². The normalized spacial score (nSPS) is 16.0. The molecule has 0 N–H and O–H groups in total. The van der Waals surface area contributed by atoms with Crippen molar-refractivity contribution >= 4 is 7.14 Å². The first-order chi connectivity index (χ1) is 9.60. The van der Waals surface area contributed by atoms with Crippen molar-refractivity contribution in [1.29, 1.82) is 0 Å². The van der Waals surface area contributed by atoms with Gasteiger partial charge >= 0.3 is 0 Å². The molecular formula is C18H39OP. The molecule has 1 nitrogen and oxygen atoms in total. The minimum atomic E-state index is -1.91. The van der Waals surface area contributed by atoms with Crippen LogP contribution in [0.5, 0.6) is 0 Å². The summed E-state index contributed by atoms with van der Waals surface area (Å²) in [7, 11) is -1.91. The summed E-state index contributed by atoms with van der Waals surface area (Å²) in [4.78, 5) is 0. The molecule has 20 heavy (non-hydrogen) atoms. The Hall–Kier alpha value is 0.230. The Bertz CT molecular complexity index is 250. The van der Waals surface area contributed by atoms with Crippen molar-refractivity contribution in [2.24, 2.45) is 0 Å². The minimum Gasteiger partial charge on any atom is -0.323 e. The van der Waals surface area contributed by atoms with E-state index < -0.39 is 7.14 Å². The molecule has 0 fully saturated rings. The maximum absolute atomic E-state index is 13.2.